The molecule has 0 saturated heterocycles. The number of unbranched alkanes of at least 4 members (excludes halogenated alkanes) is 5. The maximum absolute atomic E-state index is 12.8. The van der Waals surface area contributed by atoms with E-state index in [1.54, 1.807) is 25.3 Å². The second-order valence-electron chi connectivity index (χ2n) is 7.35. The van der Waals surface area contributed by atoms with Gasteiger partial charge < -0.3 is 20.9 Å². The summed E-state index contributed by atoms with van der Waals surface area (Å²) in [5.41, 5.74) is 12.0. The van der Waals surface area contributed by atoms with Gasteiger partial charge in [0.25, 0.3) is 0 Å². The molecule has 2 atom stereocenters. The van der Waals surface area contributed by atoms with E-state index in [2.05, 4.69) is 6.92 Å². The minimum absolute atomic E-state index is 0.108. The van der Waals surface area contributed by atoms with Crippen LogP contribution in [-0.4, -0.2) is 31.1 Å². The molecule has 4 N–H and O–H groups in total. The maximum Gasteiger partial charge on any atom is 0.184 e. The minimum Gasteiger partial charge on any atom is -0.493 e. The van der Waals surface area contributed by atoms with E-state index < -0.39 is 5.54 Å². The first kappa shape index (κ1) is 20.7. The molecule has 1 fully saturated rings. The van der Waals surface area contributed by atoms with E-state index in [0.29, 0.717) is 30.1 Å². The third-order valence-electron chi connectivity index (χ3n) is 5.37. The largest absolute Gasteiger partial charge is 0.493 e. The second kappa shape index (κ2) is 9.93. The summed E-state index contributed by atoms with van der Waals surface area (Å²) in [7, 11) is 1.58. The average Bonchev–Trinajstić information content (AvgIpc) is 3.00. The summed E-state index contributed by atoms with van der Waals surface area (Å²) in [5, 5.41) is 0. The number of methoxy groups -OCH3 is 1. The van der Waals surface area contributed by atoms with Gasteiger partial charge in [-0.1, -0.05) is 39.0 Å². The number of ketones is 1. The van der Waals surface area contributed by atoms with Crippen molar-refractivity contribution in [2.24, 2.45) is 11.5 Å². The van der Waals surface area contributed by atoms with Crippen LogP contribution in [-0.2, 0) is 0 Å². The highest BCUT2D eigenvalue weighted by atomic mass is 16.5. The molecule has 5 heteroatoms. The van der Waals surface area contributed by atoms with Crippen LogP contribution in [0.1, 0.15) is 75.1 Å². The number of benzene rings is 1. The third kappa shape index (κ3) is 4.98. The zero-order valence-corrected chi connectivity index (χ0v) is 16.3. The van der Waals surface area contributed by atoms with Gasteiger partial charge in [-0.3, -0.25) is 4.79 Å². The Morgan fingerprint density at radius 2 is 1.92 bits per heavy atom. The Bertz CT molecular complexity index is 591. The smallest absolute Gasteiger partial charge is 0.184 e. The fraction of sp³-hybridized carbons (Fsp3) is 0.667. The van der Waals surface area contributed by atoms with Crippen LogP contribution in [0.5, 0.6) is 11.5 Å². The Labute approximate surface area is 157 Å². The summed E-state index contributed by atoms with van der Waals surface area (Å²) >= 11 is 0. The monoisotopic (exact) mass is 362 g/mol. The lowest BCUT2D eigenvalue weighted by molar-refractivity contribution is 0.0879. The highest BCUT2D eigenvalue weighted by Crippen LogP contribution is 2.33. The van der Waals surface area contributed by atoms with Gasteiger partial charge in [-0.05, 0) is 43.9 Å². The fourth-order valence-electron chi connectivity index (χ4n) is 3.60. The van der Waals surface area contributed by atoms with Crippen LogP contribution in [0, 0.1) is 0 Å². The molecule has 2 unspecified atom stereocenters. The van der Waals surface area contributed by atoms with E-state index in [-0.39, 0.29) is 11.8 Å². The standard InChI is InChI=1S/C21H34N2O3/c1-3-4-5-6-7-8-14-26-17-12-11-16(15-18(17)25-2)20(24)21(23)13-9-10-19(21)22/h11-12,15,19H,3-10,13-14,22-23H2,1-2H3. The second-order valence-corrected chi connectivity index (χ2v) is 7.35. The highest BCUT2D eigenvalue weighted by molar-refractivity contribution is 6.04. The third-order valence-corrected chi connectivity index (χ3v) is 5.37. The predicted octanol–water partition coefficient (Wildman–Crippen LogP) is 3.83. The number of carbonyl (C=O) groups excluding carboxylic acids is 1. The first-order valence-corrected chi connectivity index (χ1v) is 9.93. The zero-order chi connectivity index (χ0) is 19.0. The lowest BCUT2D eigenvalue weighted by Crippen LogP contribution is -2.57. The molecule has 5 nitrogen and oxygen atoms in total. The molecule has 0 amide bonds. The van der Waals surface area contributed by atoms with E-state index in [1.165, 1.54) is 32.1 Å². The van der Waals surface area contributed by atoms with Crippen LogP contribution >= 0.6 is 0 Å². The van der Waals surface area contributed by atoms with E-state index >= 15 is 0 Å². The van der Waals surface area contributed by atoms with E-state index in [0.717, 1.165) is 19.3 Å². The Balaban J connectivity index is 1.93. The van der Waals surface area contributed by atoms with Gasteiger partial charge in [0.2, 0.25) is 0 Å². The van der Waals surface area contributed by atoms with Crippen LogP contribution < -0.4 is 20.9 Å². The summed E-state index contributed by atoms with van der Waals surface area (Å²) in [6.45, 7) is 2.87. The van der Waals surface area contributed by atoms with Gasteiger partial charge in [0.15, 0.2) is 17.3 Å². The van der Waals surface area contributed by atoms with Crippen LogP contribution in [0.2, 0.25) is 0 Å². The number of rotatable bonds is 11. The van der Waals surface area contributed by atoms with Gasteiger partial charge >= 0.3 is 0 Å². The molecule has 2 rings (SSSR count). The first-order valence-electron chi connectivity index (χ1n) is 9.93. The lowest BCUT2D eigenvalue weighted by Gasteiger charge is -2.27. The molecule has 146 valence electrons. The molecular weight excluding hydrogens is 328 g/mol. The van der Waals surface area contributed by atoms with Crippen molar-refractivity contribution in [2.45, 2.75) is 76.3 Å². The molecular formula is C21H34N2O3. The Morgan fingerprint density at radius 3 is 2.58 bits per heavy atom. The van der Waals surface area contributed by atoms with E-state index in [1.807, 2.05) is 0 Å². The van der Waals surface area contributed by atoms with E-state index in [9.17, 15) is 4.79 Å². The normalized spacial score (nSPS) is 22.4. The minimum atomic E-state index is -0.966. The summed E-state index contributed by atoms with van der Waals surface area (Å²) < 4.78 is 11.3. The quantitative estimate of drug-likeness (QED) is 0.461. The molecule has 1 aliphatic rings. The Morgan fingerprint density at radius 1 is 1.19 bits per heavy atom. The van der Waals surface area contributed by atoms with E-state index in [4.69, 9.17) is 20.9 Å². The van der Waals surface area contributed by atoms with Crippen molar-refractivity contribution in [1.82, 2.24) is 0 Å². The molecule has 0 aliphatic heterocycles. The Kier molecular flexibility index (Phi) is 7.91. The van der Waals surface area contributed by atoms with Crippen LogP contribution in [0.4, 0.5) is 0 Å². The molecule has 1 aromatic rings. The van der Waals surface area contributed by atoms with Crippen molar-refractivity contribution in [3.05, 3.63) is 23.8 Å². The number of hydrogen-bond acceptors (Lipinski definition) is 5. The maximum atomic E-state index is 12.8. The van der Waals surface area contributed by atoms with Crippen molar-refractivity contribution < 1.29 is 14.3 Å². The van der Waals surface area contributed by atoms with Crippen molar-refractivity contribution in [1.29, 1.82) is 0 Å². The SMILES string of the molecule is CCCCCCCCOc1ccc(C(=O)C2(N)CCCC2N)cc1OC. The van der Waals surface area contributed by atoms with Gasteiger partial charge in [-0.2, -0.15) is 0 Å². The lowest BCUT2D eigenvalue weighted by atomic mass is 9.86. The molecule has 0 aromatic heterocycles. The van der Waals surface area contributed by atoms with Gasteiger partial charge in [0, 0.05) is 11.6 Å². The van der Waals surface area contributed by atoms with Crippen molar-refractivity contribution in [3.8, 4) is 11.5 Å². The summed E-state index contributed by atoms with van der Waals surface area (Å²) in [4.78, 5) is 12.8. The number of carbonyl (C=O) groups is 1. The van der Waals surface area contributed by atoms with Gasteiger partial charge in [0.1, 0.15) is 0 Å². The Hall–Kier alpha value is -1.59. The zero-order valence-electron chi connectivity index (χ0n) is 16.3. The molecule has 0 spiro atoms. The summed E-state index contributed by atoms with van der Waals surface area (Å²) in [5.74, 6) is 1.12. The molecule has 0 heterocycles. The van der Waals surface area contributed by atoms with Gasteiger partial charge in [0.05, 0.1) is 19.3 Å². The summed E-state index contributed by atoms with van der Waals surface area (Å²) in [6, 6.07) is 5.00. The van der Waals surface area contributed by atoms with Gasteiger partial charge in [-0.25, -0.2) is 0 Å². The van der Waals surface area contributed by atoms with Crippen LogP contribution in [0.25, 0.3) is 0 Å². The average molecular weight is 363 g/mol. The molecule has 1 saturated carbocycles. The van der Waals surface area contributed by atoms with Crippen LogP contribution in [0.15, 0.2) is 18.2 Å². The van der Waals surface area contributed by atoms with Crippen LogP contribution in [0.3, 0.4) is 0 Å². The van der Waals surface area contributed by atoms with Crippen molar-refractivity contribution >= 4 is 5.78 Å². The first-order chi connectivity index (χ1) is 12.5. The van der Waals surface area contributed by atoms with Crippen molar-refractivity contribution in [3.63, 3.8) is 0 Å². The molecule has 1 aromatic carbocycles. The van der Waals surface area contributed by atoms with Crippen molar-refractivity contribution in [2.75, 3.05) is 13.7 Å². The number of Topliss-reactive ketones (excluding diaryl/α,β-unsaturated/α-hetero) is 1. The number of nitrogens with two attached hydrogens (primary N) is 2. The highest BCUT2D eigenvalue weighted by Gasteiger charge is 2.44. The fourth-order valence-corrected chi connectivity index (χ4v) is 3.60. The molecule has 0 bridgehead atoms. The molecule has 1 aliphatic carbocycles. The number of hydrogen-bond donors (Lipinski definition) is 2. The predicted molar refractivity (Wildman–Crippen MR) is 105 cm³/mol. The summed E-state index contributed by atoms with van der Waals surface area (Å²) in [6.07, 6.45) is 9.61. The van der Waals surface area contributed by atoms with Gasteiger partial charge in [-0.15, -0.1) is 0 Å². The number of ether oxygens (including phenoxy) is 2. The topological polar surface area (TPSA) is 87.6 Å². The molecule has 0 radical (unpaired) electrons. The molecule has 26 heavy (non-hydrogen) atoms.